The van der Waals surface area contributed by atoms with Gasteiger partial charge in [-0.2, -0.15) is 0 Å². The maximum atomic E-state index is 4.89. The number of anilines is 1. The van der Waals surface area contributed by atoms with E-state index in [1.807, 2.05) is 0 Å². The summed E-state index contributed by atoms with van der Waals surface area (Å²) in [5.41, 5.74) is 1.15. The Morgan fingerprint density at radius 2 is 1.74 bits per heavy atom. The molecule has 4 heteroatoms. The molecule has 0 unspecified atom stereocenters. The van der Waals surface area contributed by atoms with E-state index in [0.29, 0.717) is 5.92 Å². The summed E-state index contributed by atoms with van der Waals surface area (Å²) in [6.45, 7) is 18.9. The van der Waals surface area contributed by atoms with Gasteiger partial charge in [-0.3, -0.25) is 4.90 Å². The van der Waals surface area contributed by atoms with E-state index in [1.54, 1.807) is 0 Å². The van der Waals surface area contributed by atoms with Crippen LogP contribution in [0.25, 0.3) is 0 Å². The summed E-state index contributed by atoms with van der Waals surface area (Å²) in [6, 6.07) is 2.20. The Kier molecular flexibility index (Phi) is 6.01. The first-order valence-electron chi connectivity index (χ1n) is 9.18. The normalized spacial score (nSPS) is 17.1. The van der Waals surface area contributed by atoms with Crippen LogP contribution in [0.2, 0.25) is 0 Å². The van der Waals surface area contributed by atoms with Gasteiger partial charge >= 0.3 is 0 Å². The van der Waals surface area contributed by atoms with Crippen LogP contribution < -0.4 is 4.90 Å². The Bertz CT molecular complexity index is 497. The van der Waals surface area contributed by atoms with E-state index in [9.17, 15) is 0 Å². The molecule has 0 bridgehead atoms. The maximum Gasteiger partial charge on any atom is 0.136 e. The van der Waals surface area contributed by atoms with Crippen molar-refractivity contribution in [2.24, 2.45) is 0 Å². The zero-order chi connectivity index (χ0) is 17.0. The van der Waals surface area contributed by atoms with Gasteiger partial charge in [-0.25, -0.2) is 9.97 Å². The second-order valence-electron chi connectivity index (χ2n) is 8.06. The number of piperazine rings is 1. The topological polar surface area (TPSA) is 32.3 Å². The molecule has 1 fully saturated rings. The highest BCUT2D eigenvalue weighted by molar-refractivity contribution is 5.42. The van der Waals surface area contributed by atoms with Gasteiger partial charge in [-0.15, -0.1) is 0 Å². The molecule has 2 rings (SSSR count). The minimum absolute atomic E-state index is 0.0113. The Labute approximate surface area is 142 Å². The van der Waals surface area contributed by atoms with Crippen LogP contribution in [0.1, 0.15) is 71.8 Å². The van der Waals surface area contributed by atoms with E-state index >= 15 is 0 Å². The number of unbranched alkanes of at least 4 members (excludes halogenated alkanes) is 1. The number of rotatable bonds is 5. The Balaban J connectivity index is 2.15. The van der Waals surface area contributed by atoms with Gasteiger partial charge in [0, 0.05) is 43.4 Å². The molecule has 0 spiro atoms. The van der Waals surface area contributed by atoms with Crippen LogP contribution in [0.5, 0.6) is 0 Å². The Morgan fingerprint density at radius 1 is 1.09 bits per heavy atom. The van der Waals surface area contributed by atoms with Crippen molar-refractivity contribution < 1.29 is 0 Å². The number of hydrogen-bond acceptors (Lipinski definition) is 4. The zero-order valence-corrected chi connectivity index (χ0v) is 15.9. The van der Waals surface area contributed by atoms with Crippen LogP contribution in [-0.4, -0.2) is 47.6 Å². The average molecular weight is 319 g/mol. The van der Waals surface area contributed by atoms with Crippen LogP contribution in [0.3, 0.4) is 0 Å². The summed E-state index contributed by atoms with van der Waals surface area (Å²) in [4.78, 5) is 14.7. The molecule has 0 N–H and O–H groups in total. The fourth-order valence-electron chi connectivity index (χ4n) is 2.83. The summed E-state index contributed by atoms with van der Waals surface area (Å²) in [5, 5.41) is 0. The van der Waals surface area contributed by atoms with E-state index in [1.165, 1.54) is 19.4 Å². The van der Waals surface area contributed by atoms with Crippen molar-refractivity contribution in [2.75, 3.05) is 37.6 Å². The molecule has 0 amide bonds. The van der Waals surface area contributed by atoms with E-state index in [4.69, 9.17) is 9.97 Å². The lowest BCUT2D eigenvalue weighted by Gasteiger charge is -2.36. The van der Waals surface area contributed by atoms with Gasteiger partial charge in [-0.05, 0) is 18.9 Å². The van der Waals surface area contributed by atoms with Crippen molar-refractivity contribution in [3.8, 4) is 0 Å². The van der Waals surface area contributed by atoms with Gasteiger partial charge < -0.3 is 4.90 Å². The molecule has 0 atom stereocenters. The van der Waals surface area contributed by atoms with Crippen LogP contribution in [-0.2, 0) is 5.41 Å². The first-order chi connectivity index (χ1) is 10.8. The fraction of sp³-hybridized carbons (Fsp3) is 0.789. The summed E-state index contributed by atoms with van der Waals surface area (Å²) in [6.07, 6.45) is 2.58. The van der Waals surface area contributed by atoms with E-state index in [-0.39, 0.29) is 5.41 Å². The summed E-state index contributed by atoms with van der Waals surface area (Å²) in [7, 11) is 0. The highest BCUT2D eigenvalue weighted by Gasteiger charge is 2.23. The third kappa shape index (κ3) is 4.90. The lowest BCUT2D eigenvalue weighted by molar-refractivity contribution is 0.253. The predicted molar refractivity (Wildman–Crippen MR) is 98.4 cm³/mol. The molecule has 2 heterocycles. The minimum atomic E-state index is -0.0113. The second kappa shape index (κ2) is 7.61. The van der Waals surface area contributed by atoms with E-state index < -0.39 is 0 Å². The molecule has 1 aliphatic heterocycles. The molecule has 0 radical (unpaired) electrons. The Morgan fingerprint density at radius 3 is 2.26 bits per heavy atom. The van der Waals surface area contributed by atoms with Gasteiger partial charge in [0.25, 0.3) is 0 Å². The Hall–Kier alpha value is -1.16. The molecule has 1 saturated heterocycles. The highest BCUT2D eigenvalue weighted by atomic mass is 15.3. The summed E-state index contributed by atoms with van der Waals surface area (Å²) in [5.74, 6) is 2.51. The third-order valence-corrected chi connectivity index (χ3v) is 4.52. The first kappa shape index (κ1) is 18.2. The van der Waals surface area contributed by atoms with Crippen molar-refractivity contribution in [2.45, 2.75) is 65.7 Å². The standard InChI is InChI=1S/C19H34N4/c1-7-8-9-22-10-12-23(13-11-22)17-14-16(15(2)3)20-18(21-17)19(4,5)6/h14-15H,7-13H2,1-6H3. The van der Waals surface area contributed by atoms with Gasteiger partial charge in [0.1, 0.15) is 11.6 Å². The second-order valence-corrected chi connectivity index (χ2v) is 8.06. The largest absolute Gasteiger partial charge is 0.354 e. The quantitative estimate of drug-likeness (QED) is 0.826. The molecule has 0 aliphatic carbocycles. The fourth-order valence-corrected chi connectivity index (χ4v) is 2.83. The molecule has 1 aromatic heterocycles. The molecular formula is C19H34N4. The molecule has 0 saturated carbocycles. The molecule has 1 aromatic rings. The maximum absolute atomic E-state index is 4.89. The summed E-state index contributed by atoms with van der Waals surface area (Å²) >= 11 is 0. The molecule has 1 aliphatic rings. The van der Waals surface area contributed by atoms with Crippen LogP contribution >= 0.6 is 0 Å². The highest BCUT2D eigenvalue weighted by Crippen LogP contribution is 2.25. The van der Waals surface area contributed by atoms with Gasteiger partial charge in [0.2, 0.25) is 0 Å². The molecule has 4 nitrogen and oxygen atoms in total. The lowest BCUT2D eigenvalue weighted by Crippen LogP contribution is -2.47. The third-order valence-electron chi connectivity index (χ3n) is 4.52. The summed E-state index contributed by atoms with van der Waals surface area (Å²) < 4.78 is 0. The smallest absolute Gasteiger partial charge is 0.136 e. The van der Waals surface area contributed by atoms with Crippen molar-refractivity contribution >= 4 is 5.82 Å². The predicted octanol–water partition coefficient (Wildman–Crippen LogP) is 3.82. The van der Waals surface area contributed by atoms with Gasteiger partial charge in [-0.1, -0.05) is 48.0 Å². The number of hydrogen-bond donors (Lipinski definition) is 0. The molecule has 130 valence electrons. The van der Waals surface area contributed by atoms with E-state index in [2.05, 4.69) is 57.4 Å². The minimum Gasteiger partial charge on any atom is -0.354 e. The molecule has 23 heavy (non-hydrogen) atoms. The molecule has 0 aromatic carbocycles. The SMILES string of the molecule is CCCCN1CCN(c2cc(C(C)C)nc(C(C)(C)C)n2)CC1. The van der Waals surface area contributed by atoms with Gasteiger partial charge in [0.15, 0.2) is 0 Å². The van der Waals surface area contributed by atoms with Crippen LogP contribution in [0.15, 0.2) is 6.07 Å². The van der Waals surface area contributed by atoms with E-state index in [0.717, 1.165) is 43.5 Å². The number of nitrogens with zero attached hydrogens (tertiary/aromatic N) is 4. The van der Waals surface area contributed by atoms with Crippen molar-refractivity contribution in [1.29, 1.82) is 0 Å². The first-order valence-corrected chi connectivity index (χ1v) is 9.18. The molecular weight excluding hydrogens is 284 g/mol. The zero-order valence-electron chi connectivity index (χ0n) is 15.9. The van der Waals surface area contributed by atoms with Crippen LogP contribution in [0.4, 0.5) is 5.82 Å². The average Bonchev–Trinajstić information content (AvgIpc) is 2.52. The van der Waals surface area contributed by atoms with Crippen LogP contribution in [0, 0.1) is 0 Å². The van der Waals surface area contributed by atoms with Crippen molar-refractivity contribution in [3.05, 3.63) is 17.6 Å². The van der Waals surface area contributed by atoms with Crippen molar-refractivity contribution in [1.82, 2.24) is 14.9 Å². The monoisotopic (exact) mass is 318 g/mol. The lowest BCUT2D eigenvalue weighted by atomic mass is 9.95. The van der Waals surface area contributed by atoms with Gasteiger partial charge in [0.05, 0.1) is 0 Å². The van der Waals surface area contributed by atoms with Crippen molar-refractivity contribution in [3.63, 3.8) is 0 Å². The number of aromatic nitrogens is 2.